The second-order valence-corrected chi connectivity index (χ2v) is 8.87. The van der Waals surface area contributed by atoms with Gasteiger partial charge in [-0.2, -0.15) is 0 Å². The van der Waals surface area contributed by atoms with Gasteiger partial charge in [-0.25, -0.2) is 13.1 Å². The number of likely N-dealkylation sites (tertiary alicyclic amines) is 1. The second kappa shape index (κ2) is 5.47. The van der Waals surface area contributed by atoms with E-state index in [-0.39, 0.29) is 23.9 Å². The van der Waals surface area contributed by atoms with E-state index in [0.717, 1.165) is 6.42 Å². The monoisotopic (exact) mass is 352 g/mol. The molecule has 1 amide bonds. The summed E-state index contributed by atoms with van der Waals surface area (Å²) in [4.78, 5) is 14.2. The molecule has 2 bridgehead atoms. The first-order chi connectivity index (χ1) is 11.0. The number of amides is 1. The van der Waals surface area contributed by atoms with Crippen molar-refractivity contribution in [2.24, 2.45) is 5.92 Å². The van der Waals surface area contributed by atoms with Gasteiger partial charge < -0.3 is 9.32 Å². The molecule has 4 rings (SSSR count). The van der Waals surface area contributed by atoms with Gasteiger partial charge in [-0.1, -0.05) is 6.07 Å². The summed E-state index contributed by atoms with van der Waals surface area (Å²) >= 11 is 1.21. The van der Waals surface area contributed by atoms with Crippen LogP contribution in [0, 0.1) is 5.92 Å². The molecule has 1 aliphatic heterocycles. The number of fused-ring (bicyclic) bond motifs is 2. The highest BCUT2D eigenvalue weighted by atomic mass is 32.2. The summed E-state index contributed by atoms with van der Waals surface area (Å²) in [6.45, 7) is 0.571. The third kappa shape index (κ3) is 2.60. The summed E-state index contributed by atoms with van der Waals surface area (Å²) in [6.07, 6.45) is 2.98. The lowest BCUT2D eigenvalue weighted by atomic mass is 10.0. The molecule has 2 aliphatic rings. The SMILES string of the molecule is O=C(c1ccco1)N1C[C@@H]2C[C@H]1C[C@@H]2NS(=O)(=O)c1cccs1. The minimum absolute atomic E-state index is 0.0774. The number of thiophene rings is 1. The third-order valence-corrected chi connectivity index (χ3v) is 7.49. The maximum absolute atomic E-state index is 12.4. The van der Waals surface area contributed by atoms with Crippen molar-refractivity contribution < 1.29 is 17.6 Å². The largest absolute Gasteiger partial charge is 0.459 e. The van der Waals surface area contributed by atoms with Gasteiger partial charge in [-0.3, -0.25) is 4.79 Å². The number of nitrogens with one attached hydrogen (secondary N) is 1. The predicted molar refractivity (Wildman–Crippen MR) is 84.7 cm³/mol. The number of carbonyl (C=O) groups is 1. The van der Waals surface area contributed by atoms with Crippen molar-refractivity contribution in [2.75, 3.05) is 6.54 Å². The lowest BCUT2D eigenvalue weighted by Gasteiger charge is -2.31. The highest BCUT2D eigenvalue weighted by Crippen LogP contribution is 2.39. The summed E-state index contributed by atoms with van der Waals surface area (Å²) in [5, 5.41) is 1.75. The molecule has 6 nitrogen and oxygen atoms in total. The molecule has 0 radical (unpaired) electrons. The molecule has 3 heterocycles. The summed E-state index contributed by atoms with van der Waals surface area (Å²) in [6, 6.07) is 6.66. The molecule has 0 spiro atoms. The van der Waals surface area contributed by atoms with Gasteiger partial charge in [0.25, 0.3) is 5.91 Å². The molecule has 8 heteroatoms. The van der Waals surface area contributed by atoms with Crippen LogP contribution in [0.5, 0.6) is 0 Å². The zero-order chi connectivity index (χ0) is 16.0. The van der Waals surface area contributed by atoms with Crippen molar-refractivity contribution in [3.8, 4) is 0 Å². The normalized spacial score (nSPS) is 26.8. The Kier molecular flexibility index (Phi) is 3.55. The van der Waals surface area contributed by atoms with Crippen LogP contribution in [-0.2, 0) is 10.0 Å². The molecule has 23 heavy (non-hydrogen) atoms. The molecule has 0 aromatic carbocycles. The predicted octanol–water partition coefficient (Wildman–Crippen LogP) is 1.92. The zero-order valence-electron chi connectivity index (χ0n) is 12.2. The third-order valence-electron chi connectivity index (χ3n) is 4.60. The van der Waals surface area contributed by atoms with Gasteiger partial charge in [-0.15, -0.1) is 11.3 Å². The number of hydrogen-bond donors (Lipinski definition) is 1. The van der Waals surface area contributed by atoms with Gasteiger partial charge in [0.1, 0.15) is 4.21 Å². The number of hydrogen-bond acceptors (Lipinski definition) is 5. The maximum atomic E-state index is 12.4. The Morgan fingerprint density at radius 2 is 2.17 bits per heavy atom. The van der Waals surface area contributed by atoms with Crippen LogP contribution in [-0.4, -0.2) is 37.9 Å². The van der Waals surface area contributed by atoms with E-state index >= 15 is 0 Å². The Morgan fingerprint density at radius 1 is 1.30 bits per heavy atom. The van der Waals surface area contributed by atoms with E-state index < -0.39 is 10.0 Å². The van der Waals surface area contributed by atoms with E-state index in [9.17, 15) is 13.2 Å². The van der Waals surface area contributed by atoms with E-state index in [2.05, 4.69) is 4.72 Å². The van der Waals surface area contributed by atoms with Gasteiger partial charge in [0.05, 0.1) is 6.26 Å². The Balaban J connectivity index is 1.44. The number of furan rings is 1. The minimum atomic E-state index is -3.46. The van der Waals surface area contributed by atoms with Crippen molar-refractivity contribution in [3.63, 3.8) is 0 Å². The van der Waals surface area contributed by atoms with Crippen LogP contribution in [0.15, 0.2) is 44.5 Å². The first kappa shape index (κ1) is 14.9. The van der Waals surface area contributed by atoms with Gasteiger partial charge in [-0.05, 0) is 42.3 Å². The summed E-state index contributed by atoms with van der Waals surface area (Å²) in [7, 11) is -3.46. The van der Waals surface area contributed by atoms with E-state index in [1.165, 1.54) is 17.6 Å². The number of rotatable bonds is 4. The Bertz CT molecular complexity index is 799. The lowest BCUT2D eigenvalue weighted by Crippen LogP contribution is -2.47. The summed E-state index contributed by atoms with van der Waals surface area (Å²) in [5.41, 5.74) is 0. The highest BCUT2D eigenvalue weighted by Gasteiger charge is 2.48. The Labute approximate surface area is 138 Å². The Morgan fingerprint density at radius 3 is 2.78 bits per heavy atom. The standard InChI is InChI=1S/C15H16N2O4S2/c18-15(13-3-1-5-21-13)17-9-10-7-11(17)8-12(10)16-23(19,20)14-4-2-6-22-14/h1-6,10-12,16H,7-9H2/t10-,11-,12-/m0/s1. The quantitative estimate of drug-likeness (QED) is 0.912. The van der Waals surface area contributed by atoms with Crippen molar-refractivity contribution in [1.29, 1.82) is 0 Å². The number of carbonyl (C=O) groups excluding carboxylic acids is 1. The van der Waals surface area contributed by atoms with Crippen molar-refractivity contribution in [1.82, 2.24) is 9.62 Å². The second-order valence-electron chi connectivity index (χ2n) is 5.98. The fourth-order valence-electron chi connectivity index (χ4n) is 3.56. The van der Waals surface area contributed by atoms with E-state index in [1.54, 1.807) is 34.5 Å². The molecule has 2 aromatic rings. The smallest absolute Gasteiger partial charge is 0.289 e. The minimum Gasteiger partial charge on any atom is -0.459 e. The average molecular weight is 352 g/mol. The molecular weight excluding hydrogens is 336 g/mol. The molecule has 1 N–H and O–H groups in total. The fourth-order valence-corrected chi connectivity index (χ4v) is 5.89. The van der Waals surface area contributed by atoms with Crippen LogP contribution in [0.3, 0.4) is 0 Å². The van der Waals surface area contributed by atoms with E-state index in [1.807, 2.05) is 0 Å². The molecule has 2 aromatic heterocycles. The van der Waals surface area contributed by atoms with Crippen LogP contribution >= 0.6 is 11.3 Å². The van der Waals surface area contributed by atoms with Gasteiger partial charge >= 0.3 is 0 Å². The van der Waals surface area contributed by atoms with Crippen molar-refractivity contribution in [3.05, 3.63) is 41.7 Å². The van der Waals surface area contributed by atoms with Crippen LogP contribution in [0.1, 0.15) is 23.4 Å². The van der Waals surface area contributed by atoms with Gasteiger partial charge in [0, 0.05) is 18.6 Å². The lowest BCUT2D eigenvalue weighted by molar-refractivity contribution is 0.0659. The molecule has 0 unspecified atom stereocenters. The topological polar surface area (TPSA) is 79.6 Å². The molecule has 3 atom stereocenters. The molecular formula is C15H16N2O4S2. The highest BCUT2D eigenvalue weighted by molar-refractivity contribution is 7.91. The molecule has 122 valence electrons. The van der Waals surface area contributed by atoms with Crippen LogP contribution in [0.4, 0.5) is 0 Å². The van der Waals surface area contributed by atoms with Crippen LogP contribution in [0.2, 0.25) is 0 Å². The van der Waals surface area contributed by atoms with Gasteiger partial charge in [0.15, 0.2) is 5.76 Å². The number of sulfonamides is 1. The van der Waals surface area contributed by atoms with Crippen molar-refractivity contribution in [2.45, 2.75) is 29.1 Å². The molecule has 2 fully saturated rings. The van der Waals surface area contributed by atoms with Crippen LogP contribution in [0.25, 0.3) is 0 Å². The molecule has 1 aliphatic carbocycles. The van der Waals surface area contributed by atoms with Gasteiger partial charge in [0.2, 0.25) is 10.0 Å². The fraction of sp³-hybridized carbons (Fsp3) is 0.400. The van der Waals surface area contributed by atoms with E-state index in [4.69, 9.17) is 4.42 Å². The summed E-state index contributed by atoms with van der Waals surface area (Å²) < 4.78 is 33.0. The first-order valence-corrected chi connectivity index (χ1v) is 9.81. The Hall–Kier alpha value is -1.64. The first-order valence-electron chi connectivity index (χ1n) is 7.45. The number of piperidine rings is 1. The molecule has 1 saturated carbocycles. The average Bonchev–Trinajstić information content (AvgIpc) is 3.27. The van der Waals surface area contributed by atoms with Crippen molar-refractivity contribution >= 4 is 27.3 Å². The molecule has 1 saturated heterocycles. The van der Waals surface area contributed by atoms with Crippen LogP contribution < -0.4 is 4.72 Å². The zero-order valence-corrected chi connectivity index (χ0v) is 13.8. The maximum Gasteiger partial charge on any atom is 0.289 e. The summed E-state index contributed by atoms with van der Waals surface area (Å²) in [5.74, 6) is 0.393. The van der Waals surface area contributed by atoms with E-state index in [0.29, 0.717) is 22.9 Å². The number of nitrogens with zero attached hydrogens (tertiary/aromatic N) is 1.